The van der Waals surface area contributed by atoms with Crippen LogP contribution >= 0.6 is 0 Å². The molecule has 0 fully saturated rings. The summed E-state index contributed by atoms with van der Waals surface area (Å²) in [6, 6.07) is 74.0. The van der Waals surface area contributed by atoms with E-state index in [2.05, 4.69) is 217 Å². The number of nitriles is 1. The number of aromatic nitrogens is 1. The van der Waals surface area contributed by atoms with Crippen LogP contribution in [0.25, 0.3) is 60.5 Å². The van der Waals surface area contributed by atoms with Crippen molar-refractivity contribution in [2.24, 2.45) is 0 Å². The van der Waals surface area contributed by atoms with Gasteiger partial charge in [0.2, 0.25) is 0 Å². The molecular formula is C57H41N3Si. The topological polar surface area (TPSA) is 32.0 Å². The average molecular weight is 796 g/mol. The van der Waals surface area contributed by atoms with Gasteiger partial charge in [-0.05, 0) is 128 Å². The predicted molar refractivity (Wildman–Crippen MR) is 257 cm³/mol. The predicted octanol–water partition coefficient (Wildman–Crippen LogP) is 14.2. The van der Waals surface area contributed by atoms with Crippen molar-refractivity contribution in [1.82, 2.24) is 4.57 Å². The highest BCUT2D eigenvalue weighted by atomic mass is 28.3. The number of hydrogen-bond acceptors (Lipinski definition) is 2. The zero-order valence-corrected chi connectivity index (χ0v) is 35.3. The highest BCUT2D eigenvalue weighted by Gasteiger charge is 2.50. The summed E-state index contributed by atoms with van der Waals surface area (Å²) >= 11 is 0. The van der Waals surface area contributed by atoms with Gasteiger partial charge in [-0.1, -0.05) is 146 Å². The molecule has 1 aromatic heterocycles. The van der Waals surface area contributed by atoms with Gasteiger partial charge in [-0.25, -0.2) is 0 Å². The second-order valence-corrected chi connectivity index (χ2v) is 22.7. The minimum atomic E-state index is -1.54. The molecule has 2 aliphatic rings. The van der Waals surface area contributed by atoms with Gasteiger partial charge in [-0.3, -0.25) is 0 Å². The van der Waals surface area contributed by atoms with E-state index in [4.69, 9.17) is 0 Å². The Morgan fingerprint density at radius 2 is 1.03 bits per heavy atom. The SMILES string of the molecule is C[Si](C)(C)c1ccc(N(c2ccc(C#N)cc2)c2ccc3c(c2)C2(c4ccccc4-c4ccccc42)c2cccc4c2c-3cc2c4c3ccccc3n2-c2ccccc2)cc1. The highest BCUT2D eigenvalue weighted by molar-refractivity contribution is 6.88. The molecule has 0 atom stereocenters. The first-order chi connectivity index (χ1) is 29.9. The Hall–Kier alpha value is -7.45. The minimum absolute atomic E-state index is 0.589. The molecule has 1 heterocycles. The fourth-order valence-corrected chi connectivity index (χ4v) is 11.9. The zero-order chi connectivity index (χ0) is 41.0. The quantitative estimate of drug-likeness (QED) is 0.163. The van der Waals surface area contributed by atoms with Gasteiger partial charge < -0.3 is 9.47 Å². The first kappa shape index (κ1) is 35.5. The molecule has 288 valence electrons. The van der Waals surface area contributed by atoms with Crippen LogP contribution in [0.1, 0.15) is 27.8 Å². The summed E-state index contributed by atoms with van der Waals surface area (Å²) in [5, 5.41) is 16.3. The van der Waals surface area contributed by atoms with Crippen LogP contribution in [0.2, 0.25) is 19.6 Å². The van der Waals surface area contributed by atoms with E-state index in [9.17, 15) is 5.26 Å². The van der Waals surface area contributed by atoms with Crippen molar-refractivity contribution in [1.29, 1.82) is 5.26 Å². The molecule has 61 heavy (non-hydrogen) atoms. The second kappa shape index (κ2) is 13.0. The van der Waals surface area contributed by atoms with Crippen LogP contribution in [0, 0.1) is 11.3 Å². The number of anilines is 3. The van der Waals surface area contributed by atoms with Crippen LogP contribution in [0.15, 0.2) is 194 Å². The molecule has 0 N–H and O–H groups in total. The summed E-state index contributed by atoms with van der Waals surface area (Å²) in [4.78, 5) is 2.36. The van der Waals surface area contributed by atoms with Crippen LogP contribution in [0.3, 0.4) is 0 Å². The maximum atomic E-state index is 9.79. The number of fused-ring (bicyclic) bond motifs is 13. The van der Waals surface area contributed by atoms with Crippen LogP contribution in [0.5, 0.6) is 0 Å². The van der Waals surface area contributed by atoms with Crippen molar-refractivity contribution in [2.45, 2.75) is 25.1 Å². The van der Waals surface area contributed by atoms with E-state index in [0.29, 0.717) is 5.56 Å². The van der Waals surface area contributed by atoms with E-state index < -0.39 is 13.5 Å². The smallest absolute Gasteiger partial charge is 0.0991 e. The fourth-order valence-electron chi connectivity index (χ4n) is 10.7. The van der Waals surface area contributed by atoms with Gasteiger partial charge in [0.15, 0.2) is 0 Å². The lowest BCUT2D eigenvalue weighted by molar-refractivity contribution is 0.773. The Morgan fingerprint density at radius 1 is 0.459 bits per heavy atom. The van der Waals surface area contributed by atoms with E-state index in [-0.39, 0.29) is 0 Å². The van der Waals surface area contributed by atoms with E-state index in [0.717, 1.165) is 22.7 Å². The van der Waals surface area contributed by atoms with E-state index in [1.165, 1.54) is 82.3 Å². The molecule has 10 aromatic rings. The molecule has 12 rings (SSSR count). The second-order valence-electron chi connectivity index (χ2n) is 17.6. The summed E-state index contributed by atoms with van der Waals surface area (Å²) in [6.07, 6.45) is 0. The van der Waals surface area contributed by atoms with Crippen LogP contribution in [-0.4, -0.2) is 12.6 Å². The van der Waals surface area contributed by atoms with Crippen LogP contribution in [-0.2, 0) is 5.41 Å². The van der Waals surface area contributed by atoms with Crippen LogP contribution < -0.4 is 10.1 Å². The van der Waals surface area contributed by atoms with E-state index >= 15 is 0 Å². The molecule has 2 aliphatic carbocycles. The van der Waals surface area contributed by atoms with Gasteiger partial charge >= 0.3 is 0 Å². The normalized spacial score (nSPS) is 13.3. The Morgan fingerprint density at radius 3 is 1.72 bits per heavy atom. The largest absolute Gasteiger partial charge is 0.310 e. The first-order valence-electron chi connectivity index (χ1n) is 21.2. The third-order valence-corrected chi connectivity index (χ3v) is 15.4. The molecule has 0 radical (unpaired) electrons. The molecule has 0 aliphatic heterocycles. The third kappa shape index (κ3) is 4.96. The Labute approximate surface area is 357 Å². The van der Waals surface area contributed by atoms with Crippen LogP contribution in [0.4, 0.5) is 17.1 Å². The molecule has 3 nitrogen and oxygen atoms in total. The molecule has 1 spiro atoms. The molecule has 0 saturated carbocycles. The van der Waals surface area contributed by atoms with Gasteiger partial charge in [0.1, 0.15) is 0 Å². The first-order valence-corrected chi connectivity index (χ1v) is 24.7. The highest BCUT2D eigenvalue weighted by Crippen LogP contribution is 2.63. The lowest BCUT2D eigenvalue weighted by atomic mass is 9.61. The van der Waals surface area contributed by atoms with Crippen molar-refractivity contribution in [3.05, 3.63) is 222 Å². The molecule has 0 bridgehead atoms. The summed E-state index contributed by atoms with van der Waals surface area (Å²) < 4.78 is 2.45. The number of nitrogens with zero attached hydrogens (tertiary/aromatic N) is 3. The third-order valence-electron chi connectivity index (χ3n) is 13.4. The summed E-state index contributed by atoms with van der Waals surface area (Å²) in [5.41, 5.74) is 17.0. The monoisotopic (exact) mass is 795 g/mol. The fraction of sp³-hybridized carbons (Fsp3) is 0.0702. The van der Waals surface area contributed by atoms with Crippen molar-refractivity contribution in [3.63, 3.8) is 0 Å². The standard InChI is InChI=1S/C57H41N3Si/c1-61(2,3)42-31-28-40(29-32-42)59(39-26-24-37(36-58)25-27-39)41-30-33-45-48-35-54-56(46-18-9-12-23-53(46)60(54)38-14-5-4-6-15-38)47-19-13-22-51(55(47)48)57(52(45)34-41)49-20-10-7-16-43(49)44-17-8-11-21-50(44)57/h4-35H,1-3H3. The minimum Gasteiger partial charge on any atom is -0.310 e. The average Bonchev–Trinajstić information content (AvgIpc) is 3.79. The Balaban J connectivity index is 1.22. The lowest BCUT2D eigenvalue weighted by Gasteiger charge is -2.41. The van der Waals surface area contributed by atoms with E-state index in [1.807, 2.05) is 12.1 Å². The molecule has 0 saturated heterocycles. The van der Waals surface area contributed by atoms with Crippen molar-refractivity contribution >= 4 is 62.9 Å². The number of benzene rings is 9. The number of hydrogen-bond donors (Lipinski definition) is 0. The zero-order valence-electron chi connectivity index (χ0n) is 34.3. The maximum absolute atomic E-state index is 9.79. The van der Waals surface area contributed by atoms with E-state index in [1.54, 1.807) is 0 Å². The van der Waals surface area contributed by atoms with Crippen molar-refractivity contribution in [2.75, 3.05) is 4.90 Å². The molecular weight excluding hydrogens is 755 g/mol. The van der Waals surface area contributed by atoms with Crippen molar-refractivity contribution < 1.29 is 0 Å². The van der Waals surface area contributed by atoms with Crippen molar-refractivity contribution in [3.8, 4) is 34.0 Å². The molecule has 0 unspecified atom stereocenters. The summed E-state index contributed by atoms with van der Waals surface area (Å²) in [5.74, 6) is 0. The summed E-state index contributed by atoms with van der Waals surface area (Å²) in [7, 11) is -1.54. The maximum Gasteiger partial charge on any atom is 0.0991 e. The van der Waals surface area contributed by atoms with Gasteiger partial charge in [0.25, 0.3) is 0 Å². The molecule has 9 aromatic carbocycles. The Bertz CT molecular complexity index is 3410. The molecule has 0 amide bonds. The van der Waals surface area contributed by atoms with Gasteiger partial charge in [0.05, 0.1) is 36.2 Å². The van der Waals surface area contributed by atoms with Gasteiger partial charge in [-0.15, -0.1) is 0 Å². The lowest BCUT2D eigenvalue weighted by Crippen LogP contribution is -2.37. The summed E-state index contributed by atoms with van der Waals surface area (Å²) in [6.45, 7) is 7.18. The number of para-hydroxylation sites is 2. The number of rotatable bonds is 5. The Kier molecular flexibility index (Phi) is 7.58. The van der Waals surface area contributed by atoms with Gasteiger partial charge in [0, 0.05) is 33.5 Å². The molecule has 4 heteroatoms. The van der Waals surface area contributed by atoms with Gasteiger partial charge in [-0.2, -0.15) is 5.26 Å².